The van der Waals surface area contributed by atoms with Gasteiger partial charge in [0.15, 0.2) is 0 Å². The van der Waals surface area contributed by atoms with Gasteiger partial charge in [0.1, 0.15) is 0 Å². The lowest BCUT2D eigenvalue weighted by Crippen LogP contribution is -2.21. The monoisotopic (exact) mass is 422 g/mol. The molecule has 2 N–H and O–H groups in total. The van der Waals surface area contributed by atoms with Crippen molar-refractivity contribution >= 4 is 33.4 Å². The van der Waals surface area contributed by atoms with Crippen molar-refractivity contribution in [2.75, 3.05) is 5.32 Å². The molecule has 0 saturated heterocycles. The minimum Gasteiger partial charge on any atom is -0.361 e. The lowest BCUT2D eigenvalue weighted by Gasteiger charge is -2.09. The van der Waals surface area contributed by atoms with Gasteiger partial charge in [-0.3, -0.25) is 14.2 Å². The number of hydrogen-bond donors (Lipinski definition) is 2. The molecular formula is C26H22N4O2. The highest BCUT2D eigenvalue weighted by molar-refractivity contribution is 5.90. The van der Waals surface area contributed by atoms with E-state index in [1.807, 2.05) is 66.9 Å². The number of nitrogens with one attached hydrogen (secondary N) is 2. The molecule has 158 valence electrons. The summed E-state index contributed by atoms with van der Waals surface area (Å²) in [5.41, 5.74) is 5.42. The minimum atomic E-state index is -0.122. The summed E-state index contributed by atoms with van der Waals surface area (Å²) in [7, 11) is 0. The number of anilines is 1. The van der Waals surface area contributed by atoms with E-state index in [2.05, 4.69) is 21.4 Å². The Morgan fingerprint density at radius 2 is 1.84 bits per heavy atom. The summed E-state index contributed by atoms with van der Waals surface area (Å²) in [6, 6.07) is 21.4. The molecule has 32 heavy (non-hydrogen) atoms. The van der Waals surface area contributed by atoms with Crippen molar-refractivity contribution in [1.29, 1.82) is 0 Å². The zero-order valence-electron chi connectivity index (χ0n) is 17.6. The number of benzene rings is 3. The number of H-pyrrole nitrogens is 1. The van der Waals surface area contributed by atoms with Gasteiger partial charge in [-0.05, 0) is 53.4 Å². The van der Waals surface area contributed by atoms with Crippen molar-refractivity contribution in [3.05, 3.63) is 95.2 Å². The molecule has 0 atom stereocenters. The molecule has 3 aromatic carbocycles. The lowest BCUT2D eigenvalue weighted by atomic mass is 10.0. The van der Waals surface area contributed by atoms with Crippen molar-refractivity contribution in [3.63, 3.8) is 0 Å². The fourth-order valence-electron chi connectivity index (χ4n) is 4.06. The van der Waals surface area contributed by atoms with Crippen molar-refractivity contribution in [3.8, 4) is 11.1 Å². The van der Waals surface area contributed by atoms with Gasteiger partial charge in [-0.25, -0.2) is 4.98 Å². The number of rotatable bonds is 5. The second kappa shape index (κ2) is 8.15. The van der Waals surface area contributed by atoms with E-state index in [9.17, 15) is 9.59 Å². The van der Waals surface area contributed by atoms with Crippen LogP contribution in [0.4, 0.5) is 5.69 Å². The SMILES string of the molecule is CC(=O)Nc1cccc(-c2ccc3ncn(CCc4c[nH]c5ccccc45)c(=O)c3c2)c1. The van der Waals surface area contributed by atoms with Gasteiger partial charge in [-0.1, -0.05) is 36.4 Å². The quantitative estimate of drug-likeness (QED) is 0.429. The Labute approximate surface area is 184 Å². The van der Waals surface area contributed by atoms with Crippen molar-refractivity contribution < 1.29 is 4.79 Å². The van der Waals surface area contributed by atoms with E-state index in [0.29, 0.717) is 17.4 Å². The highest BCUT2D eigenvalue weighted by Gasteiger charge is 2.09. The molecule has 0 aliphatic rings. The first kappa shape index (κ1) is 19.8. The zero-order valence-corrected chi connectivity index (χ0v) is 17.6. The second-order valence-electron chi connectivity index (χ2n) is 7.85. The third-order valence-electron chi connectivity index (χ3n) is 5.64. The van der Waals surface area contributed by atoms with Crippen molar-refractivity contribution in [2.24, 2.45) is 0 Å². The first-order chi connectivity index (χ1) is 15.6. The largest absolute Gasteiger partial charge is 0.361 e. The average Bonchev–Trinajstić information content (AvgIpc) is 3.21. The Morgan fingerprint density at radius 1 is 1.00 bits per heavy atom. The van der Waals surface area contributed by atoms with Crippen LogP contribution in [0, 0.1) is 0 Å². The van der Waals surface area contributed by atoms with Gasteiger partial charge in [0.2, 0.25) is 5.91 Å². The van der Waals surface area contributed by atoms with E-state index >= 15 is 0 Å². The van der Waals surface area contributed by atoms with Gasteiger partial charge < -0.3 is 10.3 Å². The number of amides is 1. The summed E-state index contributed by atoms with van der Waals surface area (Å²) in [5, 5.41) is 4.55. The van der Waals surface area contributed by atoms with E-state index < -0.39 is 0 Å². The van der Waals surface area contributed by atoms with Crippen LogP contribution < -0.4 is 10.9 Å². The van der Waals surface area contributed by atoms with Crippen LogP contribution in [0.2, 0.25) is 0 Å². The Morgan fingerprint density at radius 3 is 2.72 bits per heavy atom. The van der Waals surface area contributed by atoms with Crippen molar-refractivity contribution in [2.45, 2.75) is 19.9 Å². The van der Waals surface area contributed by atoms with E-state index in [-0.39, 0.29) is 11.5 Å². The van der Waals surface area contributed by atoms with Gasteiger partial charge >= 0.3 is 0 Å². The molecule has 0 radical (unpaired) electrons. The number of aromatic nitrogens is 3. The van der Waals surface area contributed by atoms with Gasteiger partial charge in [0.25, 0.3) is 5.56 Å². The molecule has 0 spiro atoms. The number of aromatic amines is 1. The molecule has 0 aliphatic heterocycles. The summed E-state index contributed by atoms with van der Waals surface area (Å²) in [5.74, 6) is -0.122. The molecule has 6 nitrogen and oxygen atoms in total. The molecular weight excluding hydrogens is 400 g/mol. The number of carbonyl (C=O) groups excluding carboxylic acids is 1. The number of carbonyl (C=O) groups is 1. The van der Waals surface area contributed by atoms with Crippen LogP contribution >= 0.6 is 0 Å². The predicted molar refractivity (Wildman–Crippen MR) is 128 cm³/mol. The Bertz CT molecular complexity index is 1510. The van der Waals surface area contributed by atoms with Crippen LogP contribution in [0.5, 0.6) is 0 Å². The number of nitrogens with zero attached hydrogens (tertiary/aromatic N) is 2. The van der Waals surface area contributed by atoms with Crippen LogP contribution in [0.3, 0.4) is 0 Å². The Balaban J connectivity index is 1.46. The highest BCUT2D eigenvalue weighted by atomic mass is 16.1. The average molecular weight is 422 g/mol. The number of para-hydroxylation sites is 1. The minimum absolute atomic E-state index is 0.0605. The van der Waals surface area contributed by atoms with Crippen molar-refractivity contribution in [1.82, 2.24) is 14.5 Å². The molecule has 2 aromatic heterocycles. The molecule has 0 bridgehead atoms. The maximum atomic E-state index is 13.2. The van der Waals surface area contributed by atoms with Crippen LogP contribution in [0.1, 0.15) is 12.5 Å². The van der Waals surface area contributed by atoms with Crippen LogP contribution in [-0.4, -0.2) is 20.4 Å². The zero-order chi connectivity index (χ0) is 22.1. The Hall–Kier alpha value is -4.19. The summed E-state index contributed by atoms with van der Waals surface area (Å²) in [6.45, 7) is 2.03. The van der Waals surface area contributed by atoms with Crippen LogP contribution in [0.25, 0.3) is 32.9 Å². The van der Waals surface area contributed by atoms with E-state index in [1.54, 1.807) is 10.9 Å². The molecule has 0 fully saturated rings. The molecule has 0 aliphatic carbocycles. The summed E-state index contributed by atoms with van der Waals surface area (Å²) in [6.07, 6.45) is 4.36. The number of fused-ring (bicyclic) bond motifs is 2. The standard InChI is InChI=1S/C26H22N4O2/c1-17(31)29-21-6-4-5-18(13-21)19-9-10-25-23(14-19)26(32)30(16-28-25)12-11-20-15-27-24-8-3-2-7-22(20)24/h2-10,13-16,27H,11-12H2,1H3,(H,29,31). The summed E-state index contributed by atoms with van der Waals surface area (Å²) in [4.78, 5) is 32.4. The lowest BCUT2D eigenvalue weighted by molar-refractivity contribution is -0.114. The fraction of sp³-hybridized carbons (Fsp3) is 0.115. The van der Waals surface area contributed by atoms with Gasteiger partial charge in [-0.2, -0.15) is 0 Å². The Kier molecular flexibility index (Phi) is 5.03. The third kappa shape index (κ3) is 3.78. The van der Waals surface area contributed by atoms with Gasteiger partial charge in [0, 0.05) is 36.3 Å². The molecule has 0 unspecified atom stereocenters. The second-order valence-corrected chi connectivity index (χ2v) is 7.85. The molecule has 5 rings (SSSR count). The molecule has 2 heterocycles. The topological polar surface area (TPSA) is 79.8 Å². The van der Waals surface area contributed by atoms with E-state index in [1.165, 1.54) is 17.9 Å². The number of hydrogen-bond acceptors (Lipinski definition) is 3. The maximum Gasteiger partial charge on any atom is 0.261 e. The van der Waals surface area contributed by atoms with Crippen LogP contribution in [0.15, 0.2) is 84.0 Å². The third-order valence-corrected chi connectivity index (χ3v) is 5.64. The molecule has 1 amide bonds. The summed E-state index contributed by atoms with van der Waals surface area (Å²) >= 11 is 0. The summed E-state index contributed by atoms with van der Waals surface area (Å²) < 4.78 is 1.67. The fourth-order valence-corrected chi connectivity index (χ4v) is 4.06. The number of aryl methyl sites for hydroxylation is 2. The predicted octanol–water partition coefficient (Wildman–Crippen LogP) is 4.75. The first-order valence-corrected chi connectivity index (χ1v) is 10.5. The van der Waals surface area contributed by atoms with Gasteiger partial charge in [0.05, 0.1) is 17.2 Å². The van der Waals surface area contributed by atoms with Crippen LogP contribution in [-0.2, 0) is 17.8 Å². The normalized spacial score (nSPS) is 11.2. The first-order valence-electron chi connectivity index (χ1n) is 10.5. The van der Waals surface area contributed by atoms with Gasteiger partial charge in [-0.15, -0.1) is 0 Å². The van der Waals surface area contributed by atoms with E-state index in [0.717, 1.165) is 28.8 Å². The van der Waals surface area contributed by atoms with E-state index in [4.69, 9.17) is 0 Å². The molecule has 6 heteroatoms. The maximum absolute atomic E-state index is 13.2. The highest BCUT2D eigenvalue weighted by Crippen LogP contribution is 2.25. The smallest absolute Gasteiger partial charge is 0.261 e. The molecule has 5 aromatic rings. The molecule has 0 saturated carbocycles.